The molecular formula is C22H22F3IN4O. The molecule has 0 saturated heterocycles. The fourth-order valence-electron chi connectivity index (χ4n) is 3.07. The predicted molar refractivity (Wildman–Crippen MR) is 122 cm³/mol. The molecule has 0 fully saturated rings. The Bertz CT molecular complexity index is 1090. The summed E-state index contributed by atoms with van der Waals surface area (Å²) in [6.07, 6.45) is -1.18. The lowest BCUT2D eigenvalue weighted by Gasteiger charge is -2.16. The molecule has 0 atom stereocenters. The summed E-state index contributed by atoms with van der Waals surface area (Å²) in [6, 6.07) is 8.78. The molecule has 3 aromatic rings. The van der Waals surface area contributed by atoms with Crippen molar-refractivity contribution in [2.45, 2.75) is 26.2 Å². The molecule has 0 unspecified atom stereocenters. The number of halogens is 4. The summed E-state index contributed by atoms with van der Waals surface area (Å²) >= 11 is 2.12. The standard InChI is InChI=1S/C22H22F3IN4O/c1-14-4-5-16(10-19(14)26)21(31)28-18-9-15(8-17(11-18)22(23,24)25)12-30-7-6-27-20(30)13-29(2)3/h4-11H,12-13H2,1-3H3,(H,28,31). The highest BCUT2D eigenvalue weighted by molar-refractivity contribution is 14.1. The van der Waals surface area contributed by atoms with Gasteiger partial charge in [0.1, 0.15) is 5.82 Å². The summed E-state index contributed by atoms with van der Waals surface area (Å²) in [5, 5.41) is 2.61. The molecule has 0 radical (unpaired) electrons. The van der Waals surface area contributed by atoms with Gasteiger partial charge in [-0.05, 0) is 85.1 Å². The quantitative estimate of drug-likeness (QED) is 0.437. The van der Waals surface area contributed by atoms with Crippen LogP contribution in [0.2, 0.25) is 0 Å². The van der Waals surface area contributed by atoms with E-state index in [0.717, 1.165) is 27.1 Å². The molecule has 0 spiro atoms. The monoisotopic (exact) mass is 542 g/mol. The second kappa shape index (κ2) is 9.39. The fourth-order valence-corrected chi connectivity index (χ4v) is 3.59. The molecule has 31 heavy (non-hydrogen) atoms. The van der Waals surface area contributed by atoms with E-state index < -0.39 is 17.6 Å². The smallest absolute Gasteiger partial charge is 0.329 e. The van der Waals surface area contributed by atoms with Crippen LogP contribution in [0.3, 0.4) is 0 Å². The van der Waals surface area contributed by atoms with Crippen LogP contribution in [0, 0.1) is 10.5 Å². The number of nitrogens with one attached hydrogen (secondary N) is 1. The summed E-state index contributed by atoms with van der Waals surface area (Å²) in [5.74, 6) is 0.279. The van der Waals surface area contributed by atoms with Crippen molar-refractivity contribution in [3.05, 3.63) is 80.4 Å². The Hall–Kier alpha value is -2.40. The van der Waals surface area contributed by atoms with Crippen LogP contribution in [0.1, 0.15) is 32.9 Å². The van der Waals surface area contributed by atoms with Gasteiger partial charge in [0.15, 0.2) is 0 Å². The first-order valence-electron chi connectivity index (χ1n) is 9.46. The Morgan fingerprint density at radius 2 is 1.94 bits per heavy atom. The Balaban J connectivity index is 1.91. The van der Waals surface area contributed by atoms with Crippen LogP contribution >= 0.6 is 22.6 Å². The molecule has 1 aromatic heterocycles. The first-order chi connectivity index (χ1) is 14.5. The number of rotatable bonds is 6. The highest BCUT2D eigenvalue weighted by Crippen LogP contribution is 2.32. The maximum atomic E-state index is 13.5. The Labute approximate surface area is 192 Å². The number of carbonyl (C=O) groups is 1. The average molecular weight is 542 g/mol. The fraction of sp³-hybridized carbons (Fsp3) is 0.273. The maximum Gasteiger partial charge on any atom is 0.416 e. The van der Waals surface area contributed by atoms with Crippen LogP contribution in [0.15, 0.2) is 48.8 Å². The van der Waals surface area contributed by atoms with Gasteiger partial charge in [0, 0.05) is 33.8 Å². The lowest BCUT2D eigenvalue weighted by Crippen LogP contribution is -2.17. The van der Waals surface area contributed by atoms with E-state index in [0.29, 0.717) is 17.7 Å². The number of carbonyl (C=O) groups excluding carboxylic acids is 1. The normalized spacial score (nSPS) is 11.7. The summed E-state index contributed by atoms with van der Waals surface area (Å²) in [4.78, 5) is 18.8. The van der Waals surface area contributed by atoms with Crippen LogP contribution in [0.4, 0.5) is 18.9 Å². The number of imidazole rings is 1. The van der Waals surface area contributed by atoms with Crippen molar-refractivity contribution in [2.24, 2.45) is 0 Å². The number of hydrogen-bond acceptors (Lipinski definition) is 3. The first kappa shape index (κ1) is 23.3. The van der Waals surface area contributed by atoms with Gasteiger partial charge in [-0.1, -0.05) is 6.07 Å². The number of hydrogen-bond donors (Lipinski definition) is 1. The molecule has 0 bridgehead atoms. The van der Waals surface area contributed by atoms with Crippen LogP contribution in [0.5, 0.6) is 0 Å². The molecule has 164 valence electrons. The van der Waals surface area contributed by atoms with Gasteiger partial charge in [0.05, 0.1) is 12.1 Å². The van der Waals surface area contributed by atoms with Gasteiger partial charge in [-0.3, -0.25) is 4.79 Å². The van der Waals surface area contributed by atoms with E-state index in [2.05, 4.69) is 32.9 Å². The number of amides is 1. The van der Waals surface area contributed by atoms with Crippen LogP contribution < -0.4 is 5.32 Å². The third-order valence-electron chi connectivity index (χ3n) is 4.62. The number of aromatic nitrogens is 2. The van der Waals surface area contributed by atoms with Crippen LogP contribution in [-0.2, 0) is 19.3 Å². The minimum atomic E-state index is -4.53. The minimum absolute atomic E-state index is 0.0969. The zero-order chi connectivity index (χ0) is 22.8. The molecule has 0 saturated carbocycles. The zero-order valence-corrected chi connectivity index (χ0v) is 19.5. The second-order valence-corrected chi connectivity index (χ2v) is 8.71. The largest absolute Gasteiger partial charge is 0.416 e. The van der Waals surface area contributed by atoms with E-state index in [9.17, 15) is 18.0 Å². The molecule has 0 aliphatic carbocycles. The Morgan fingerprint density at radius 1 is 1.19 bits per heavy atom. The first-order valence-corrected chi connectivity index (χ1v) is 10.5. The number of alkyl halides is 3. The number of benzene rings is 2. The minimum Gasteiger partial charge on any atom is -0.329 e. The molecule has 0 aliphatic rings. The van der Waals surface area contributed by atoms with E-state index in [1.165, 1.54) is 0 Å². The van der Waals surface area contributed by atoms with Gasteiger partial charge < -0.3 is 14.8 Å². The average Bonchev–Trinajstić information content (AvgIpc) is 3.09. The molecule has 9 heteroatoms. The highest BCUT2D eigenvalue weighted by Gasteiger charge is 2.31. The van der Waals surface area contributed by atoms with Crippen molar-refractivity contribution in [1.29, 1.82) is 0 Å². The topological polar surface area (TPSA) is 50.2 Å². The molecule has 1 amide bonds. The Kier molecular flexibility index (Phi) is 7.05. The van der Waals surface area contributed by atoms with Crippen molar-refractivity contribution in [1.82, 2.24) is 14.5 Å². The van der Waals surface area contributed by atoms with E-state index in [4.69, 9.17) is 0 Å². The predicted octanol–water partition coefficient (Wildman–Crippen LogP) is 5.18. The van der Waals surface area contributed by atoms with Crippen LogP contribution in [-0.4, -0.2) is 34.5 Å². The van der Waals surface area contributed by atoms with E-state index in [-0.39, 0.29) is 12.2 Å². The van der Waals surface area contributed by atoms with Crippen molar-refractivity contribution in [2.75, 3.05) is 19.4 Å². The molecule has 3 rings (SSSR count). The summed E-state index contributed by atoms with van der Waals surface area (Å²) in [6.45, 7) is 2.68. The van der Waals surface area contributed by atoms with E-state index in [1.54, 1.807) is 41.2 Å². The van der Waals surface area contributed by atoms with Crippen molar-refractivity contribution in [3.63, 3.8) is 0 Å². The SMILES string of the molecule is Cc1ccc(C(=O)Nc2cc(Cn3ccnc3CN(C)C)cc(C(F)(F)F)c2)cc1I. The number of nitrogens with zero attached hydrogens (tertiary/aromatic N) is 3. The summed E-state index contributed by atoms with van der Waals surface area (Å²) in [7, 11) is 3.78. The van der Waals surface area contributed by atoms with Gasteiger partial charge in [0.25, 0.3) is 5.91 Å². The van der Waals surface area contributed by atoms with E-state index >= 15 is 0 Å². The lowest BCUT2D eigenvalue weighted by atomic mass is 10.1. The summed E-state index contributed by atoms with van der Waals surface area (Å²) < 4.78 is 43.2. The van der Waals surface area contributed by atoms with Crippen molar-refractivity contribution < 1.29 is 18.0 Å². The van der Waals surface area contributed by atoms with Gasteiger partial charge in [-0.25, -0.2) is 4.98 Å². The van der Waals surface area contributed by atoms with Crippen molar-refractivity contribution in [3.8, 4) is 0 Å². The number of aryl methyl sites for hydroxylation is 1. The third-order valence-corrected chi connectivity index (χ3v) is 5.79. The van der Waals surface area contributed by atoms with E-state index in [1.807, 2.05) is 25.9 Å². The molecular weight excluding hydrogens is 520 g/mol. The van der Waals surface area contributed by atoms with Crippen LogP contribution in [0.25, 0.3) is 0 Å². The van der Waals surface area contributed by atoms with Gasteiger partial charge in [-0.15, -0.1) is 0 Å². The van der Waals surface area contributed by atoms with Gasteiger partial charge in [-0.2, -0.15) is 13.2 Å². The Morgan fingerprint density at radius 3 is 2.58 bits per heavy atom. The molecule has 5 nitrogen and oxygen atoms in total. The second-order valence-electron chi connectivity index (χ2n) is 7.54. The summed E-state index contributed by atoms with van der Waals surface area (Å²) in [5.41, 5.74) is 1.11. The van der Waals surface area contributed by atoms with Gasteiger partial charge >= 0.3 is 6.18 Å². The lowest BCUT2D eigenvalue weighted by molar-refractivity contribution is -0.137. The molecule has 0 aliphatic heterocycles. The number of anilines is 1. The molecule has 1 heterocycles. The van der Waals surface area contributed by atoms with Gasteiger partial charge in [0.2, 0.25) is 0 Å². The highest BCUT2D eigenvalue weighted by atomic mass is 127. The molecule has 1 N–H and O–H groups in total. The zero-order valence-electron chi connectivity index (χ0n) is 17.3. The third kappa shape index (κ3) is 6.07. The van der Waals surface area contributed by atoms with Crippen molar-refractivity contribution >= 4 is 34.2 Å². The molecule has 2 aromatic carbocycles. The maximum absolute atomic E-state index is 13.5.